The fourth-order valence-electron chi connectivity index (χ4n) is 2.77. The highest BCUT2D eigenvalue weighted by atomic mass is 32.2. The lowest BCUT2D eigenvalue weighted by Crippen LogP contribution is -2.47. The minimum atomic E-state index is -3.13. The number of nitrogens with one attached hydrogen (secondary N) is 3. The minimum absolute atomic E-state index is 0.0516. The predicted molar refractivity (Wildman–Crippen MR) is 76.6 cm³/mol. The van der Waals surface area contributed by atoms with Crippen LogP contribution in [-0.4, -0.2) is 45.8 Å². The van der Waals surface area contributed by atoms with Crippen LogP contribution in [0, 0.1) is 5.92 Å². The van der Waals surface area contributed by atoms with Gasteiger partial charge in [0.25, 0.3) is 0 Å². The van der Waals surface area contributed by atoms with Crippen molar-refractivity contribution in [3.63, 3.8) is 0 Å². The maximum atomic E-state index is 11.4. The van der Waals surface area contributed by atoms with Crippen molar-refractivity contribution < 1.29 is 8.42 Å². The smallest absolute Gasteiger partial charge is 0.208 e. The highest BCUT2D eigenvalue weighted by molar-refractivity contribution is 7.88. The molecule has 1 saturated carbocycles. The molecule has 0 saturated heterocycles. The van der Waals surface area contributed by atoms with Gasteiger partial charge < -0.3 is 10.6 Å². The Hall–Kier alpha value is -0.820. The monoisotopic (exact) mass is 288 g/mol. The molecule has 0 bridgehead atoms. The molecule has 2 rings (SSSR count). The van der Waals surface area contributed by atoms with E-state index in [1.165, 1.54) is 12.7 Å². The highest BCUT2D eigenvalue weighted by Crippen LogP contribution is 2.24. The van der Waals surface area contributed by atoms with Gasteiger partial charge in [0.15, 0.2) is 5.96 Å². The summed E-state index contributed by atoms with van der Waals surface area (Å²) in [5.41, 5.74) is 0. The van der Waals surface area contributed by atoms with Crippen molar-refractivity contribution in [1.82, 2.24) is 15.4 Å². The van der Waals surface area contributed by atoms with E-state index in [-0.39, 0.29) is 6.04 Å². The standard InChI is InChI=1S/C12H24N4O2S/c1-9-7-13-12(15-9)14-8-10-5-3-4-6-11(10)16-19(2,17)18/h9-11,16H,3-8H2,1-2H3,(H2,13,14,15). The van der Waals surface area contributed by atoms with E-state index in [0.717, 1.165) is 38.3 Å². The molecule has 3 N–H and O–H groups in total. The number of rotatable bonds is 4. The quantitative estimate of drug-likeness (QED) is 0.682. The van der Waals surface area contributed by atoms with Crippen LogP contribution in [0.1, 0.15) is 32.6 Å². The van der Waals surface area contributed by atoms with Crippen molar-refractivity contribution >= 4 is 16.0 Å². The summed E-state index contributed by atoms with van der Waals surface area (Å²) in [7, 11) is -3.13. The Labute approximate surface area is 115 Å². The lowest BCUT2D eigenvalue weighted by Gasteiger charge is -2.31. The fraction of sp³-hybridized carbons (Fsp3) is 0.917. The molecule has 2 aliphatic rings. The molecule has 0 radical (unpaired) electrons. The van der Waals surface area contributed by atoms with Crippen LogP contribution in [-0.2, 0) is 10.0 Å². The lowest BCUT2D eigenvalue weighted by atomic mass is 9.85. The molecule has 0 spiro atoms. The first-order valence-corrected chi connectivity index (χ1v) is 8.85. The van der Waals surface area contributed by atoms with Gasteiger partial charge in [0.1, 0.15) is 0 Å². The first kappa shape index (κ1) is 14.6. The molecule has 6 nitrogen and oxygen atoms in total. The topological polar surface area (TPSA) is 82.6 Å². The van der Waals surface area contributed by atoms with Crippen molar-refractivity contribution in [1.29, 1.82) is 0 Å². The Morgan fingerprint density at radius 1 is 1.37 bits per heavy atom. The number of sulfonamides is 1. The molecule has 1 aliphatic heterocycles. The van der Waals surface area contributed by atoms with Crippen LogP contribution < -0.4 is 15.4 Å². The maximum absolute atomic E-state index is 11.4. The van der Waals surface area contributed by atoms with E-state index in [1.54, 1.807) is 0 Å². The van der Waals surface area contributed by atoms with E-state index in [0.29, 0.717) is 12.0 Å². The van der Waals surface area contributed by atoms with Gasteiger partial charge in [-0.3, -0.25) is 4.99 Å². The van der Waals surface area contributed by atoms with Crippen LogP contribution in [0.2, 0.25) is 0 Å². The van der Waals surface area contributed by atoms with Gasteiger partial charge in [-0.15, -0.1) is 0 Å². The Bertz CT molecular complexity index is 435. The van der Waals surface area contributed by atoms with Crippen LogP contribution in [0.3, 0.4) is 0 Å². The average Bonchev–Trinajstić information content (AvgIpc) is 2.72. The van der Waals surface area contributed by atoms with Crippen molar-refractivity contribution in [2.75, 3.05) is 19.3 Å². The second-order valence-electron chi connectivity index (χ2n) is 5.66. The van der Waals surface area contributed by atoms with Gasteiger partial charge >= 0.3 is 0 Å². The van der Waals surface area contributed by atoms with Crippen molar-refractivity contribution in [2.45, 2.75) is 44.7 Å². The van der Waals surface area contributed by atoms with Gasteiger partial charge in [-0.1, -0.05) is 12.8 Å². The molecular formula is C12H24N4O2S. The van der Waals surface area contributed by atoms with Gasteiger partial charge in [0.05, 0.1) is 12.8 Å². The molecule has 0 aromatic heterocycles. The summed E-state index contributed by atoms with van der Waals surface area (Å²) in [6, 6.07) is 0.439. The van der Waals surface area contributed by atoms with Crippen LogP contribution in [0.5, 0.6) is 0 Å². The SMILES string of the molecule is CC1CN=C(NCC2CCCCC2NS(C)(=O)=O)N1. The molecule has 1 fully saturated rings. The van der Waals surface area contributed by atoms with Crippen LogP contribution in [0.15, 0.2) is 4.99 Å². The third kappa shape index (κ3) is 4.65. The lowest BCUT2D eigenvalue weighted by molar-refractivity contribution is 0.289. The average molecular weight is 288 g/mol. The Morgan fingerprint density at radius 2 is 2.11 bits per heavy atom. The highest BCUT2D eigenvalue weighted by Gasteiger charge is 2.27. The van der Waals surface area contributed by atoms with Gasteiger partial charge in [0, 0.05) is 18.6 Å². The van der Waals surface area contributed by atoms with Crippen LogP contribution in [0.4, 0.5) is 0 Å². The van der Waals surface area contributed by atoms with Gasteiger partial charge in [-0.05, 0) is 25.7 Å². The molecule has 7 heteroatoms. The zero-order valence-corrected chi connectivity index (χ0v) is 12.5. The van der Waals surface area contributed by atoms with Crippen LogP contribution >= 0.6 is 0 Å². The predicted octanol–water partition coefficient (Wildman–Crippen LogP) is 0.0317. The van der Waals surface area contributed by atoms with E-state index < -0.39 is 10.0 Å². The van der Waals surface area contributed by atoms with Gasteiger partial charge in [-0.25, -0.2) is 13.1 Å². The first-order valence-electron chi connectivity index (χ1n) is 6.96. The molecule has 1 aliphatic carbocycles. The van der Waals surface area contributed by atoms with E-state index in [4.69, 9.17) is 0 Å². The molecule has 1 heterocycles. The largest absolute Gasteiger partial charge is 0.356 e. The summed E-state index contributed by atoms with van der Waals surface area (Å²) in [4.78, 5) is 4.36. The molecule has 0 aromatic rings. The Morgan fingerprint density at radius 3 is 2.74 bits per heavy atom. The Kier molecular flexibility index (Phi) is 4.67. The van der Waals surface area contributed by atoms with E-state index in [9.17, 15) is 8.42 Å². The fourth-order valence-corrected chi connectivity index (χ4v) is 3.63. The molecule has 19 heavy (non-hydrogen) atoms. The van der Waals surface area contributed by atoms with Crippen LogP contribution in [0.25, 0.3) is 0 Å². The summed E-state index contributed by atoms with van der Waals surface area (Å²) < 4.78 is 25.5. The molecular weight excluding hydrogens is 264 g/mol. The maximum Gasteiger partial charge on any atom is 0.208 e. The second kappa shape index (κ2) is 6.09. The summed E-state index contributed by atoms with van der Waals surface area (Å²) >= 11 is 0. The van der Waals surface area contributed by atoms with E-state index in [2.05, 4.69) is 27.3 Å². The van der Waals surface area contributed by atoms with Gasteiger partial charge in [0.2, 0.25) is 10.0 Å². The summed E-state index contributed by atoms with van der Waals surface area (Å²) in [5.74, 6) is 1.18. The van der Waals surface area contributed by atoms with Crippen molar-refractivity contribution in [3.8, 4) is 0 Å². The summed E-state index contributed by atoms with van der Waals surface area (Å²) in [6.45, 7) is 3.66. The minimum Gasteiger partial charge on any atom is -0.356 e. The zero-order valence-electron chi connectivity index (χ0n) is 11.6. The number of hydrogen-bond acceptors (Lipinski definition) is 5. The second-order valence-corrected chi connectivity index (χ2v) is 7.44. The number of nitrogens with zero attached hydrogens (tertiary/aromatic N) is 1. The van der Waals surface area contributed by atoms with E-state index >= 15 is 0 Å². The molecule has 0 aromatic carbocycles. The normalized spacial score (nSPS) is 31.7. The summed E-state index contributed by atoms with van der Waals surface area (Å²) in [6.07, 6.45) is 5.49. The zero-order chi connectivity index (χ0) is 13.9. The number of aliphatic imine (C=N–C) groups is 1. The van der Waals surface area contributed by atoms with E-state index in [1.807, 2.05) is 0 Å². The molecule has 0 amide bonds. The van der Waals surface area contributed by atoms with Crippen molar-refractivity contribution in [2.24, 2.45) is 10.9 Å². The third-order valence-electron chi connectivity index (χ3n) is 3.71. The number of guanidine groups is 1. The van der Waals surface area contributed by atoms with Crippen molar-refractivity contribution in [3.05, 3.63) is 0 Å². The summed E-state index contributed by atoms with van der Waals surface area (Å²) in [5, 5.41) is 6.56. The molecule has 110 valence electrons. The number of hydrogen-bond donors (Lipinski definition) is 3. The molecule has 3 atom stereocenters. The first-order chi connectivity index (χ1) is 8.94. The molecule has 3 unspecified atom stereocenters. The third-order valence-corrected chi connectivity index (χ3v) is 4.44. The van der Waals surface area contributed by atoms with Gasteiger partial charge in [-0.2, -0.15) is 0 Å². The Balaban J connectivity index is 1.85.